The van der Waals surface area contributed by atoms with Gasteiger partial charge in [-0.2, -0.15) is 0 Å². The van der Waals surface area contributed by atoms with Gasteiger partial charge < -0.3 is 4.44 Å². The highest BCUT2D eigenvalue weighted by Gasteiger charge is 2.13. The van der Waals surface area contributed by atoms with Crippen LogP contribution in [0.5, 0.6) is 0 Å². The molecule has 0 aromatic heterocycles. The fraction of sp³-hybridized carbons (Fsp3) is 0.200. The Balaban J connectivity index is 2.36. The van der Waals surface area contributed by atoms with E-state index in [0.717, 1.165) is 0 Å². The molecule has 0 bridgehead atoms. The molecule has 1 atom stereocenters. The molecule has 0 unspecified atom stereocenters. The molecule has 0 fully saturated rings. The van der Waals surface area contributed by atoms with Gasteiger partial charge in [0.05, 0.1) is 8.15 Å². The van der Waals surface area contributed by atoms with E-state index in [0.29, 0.717) is 5.92 Å². The summed E-state index contributed by atoms with van der Waals surface area (Å²) in [6.45, 7) is 4.44. The molecule has 2 aromatic rings. The topological polar surface area (TPSA) is 9.23 Å². The first-order valence-electron chi connectivity index (χ1n) is 6.21. The van der Waals surface area contributed by atoms with Gasteiger partial charge in [0.2, 0.25) is 0 Å². The summed E-state index contributed by atoms with van der Waals surface area (Å²) in [4.78, 5) is 0. The molecule has 0 aliphatic carbocycles. The predicted octanol–water partition coefficient (Wildman–Crippen LogP) is 2.72. The lowest BCUT2D eigenvalue weighted by Gasteiger charge is -2.18. The molecule has 0 aliphatic rings. The molecule has 1 nitrogen and oxygen atoms in total. The average molecular weight is 256 g/mol. The number of hydrogen-bond donors (Lipinski definition) is 0. The van der Waals surface area contributed by atoms with E-state index in [4.69, 9.17) is 4.44 Å². The van der Waals surface area contributed by atoms with Gasteiger partial charge in [0.1, 0.15) is 0 Å². The largest absolute Gasteiger partial charge is 0.417 e. The maximum Gasteiger partial charge on any atom is 0.263 e. The molecule has 18 heavy (non-hydrogen) atoms. The van der Waals surface area contributed by atoms with E-state index in [2.05, 4.69) is 62.4 Å². The number of hydrogen-bond acceptors (Lipinski definition) is 1. The first-order chi connectivity index (χ1) is 8.72. The highest BCUT2D eigenvalue weighted by Crippen LogP contribution is 2.33. The van der Waals surface area contributed by atoms with Gasteiger partial charge in [-0.3, -0.25) is 0 Å². The van der Waals surface area contributed by atoms with E-state index in [9.17, 15) is 0 Å². The molecule has 2 aromatic carbocycles. The van der Waals surface area contributed by atoms with E-state index in [1.807, 2.05) is 6.07 Å². The maximum absolute atomic E-state index is 5.72. The van der Waals surface area contributed by atoms with E-state index >= 15 is 0 Å². The predicted molar refractivity (Wildman–Crippen MR) is 82.8 cm³/mol. The summed E-state index contributed by atoms with van der Waals surface area (Å²) in [5, 5.41) is 2.54. The highest BCUT2D eigenvalue weighted by atomic mass is 31.1. The van der Waals surface area contributed by atoms with Crippen LogP contribution >= 0.6 is 8.15 Å². The van der Waals surface area contributed by atoms with Crippen molar-refractivity contribution < 1.29 is 4.44 Å². The second-order valence-electron chi connectivity index (χ2n) is 4.56. The highest BCUT2D eigenvalue weighted by molar-refractivity contribution is 7.69. The van der Waals surface area contributed by atoms with Crippen LogP contribution in [0.1, 0.15) is 25.3 Å². The minimum atomic E-state index is -0.690. The quantitative estimate of drug-likeness (QED) is 0.603. The standard InChI is InChI=1S/C15H18BOP/c1-12(2)13-7-6-10-15(11-13)18(17-16)14-8-4-3-5-9-14/h3-12H,16H2,1-2H3/t18-/m1/s1. The number of rotatable bonds is 4. The van der Waals surface area contributed by atoms with Crippen molar-refractivity contribution in [3.8, 4) is 0 Å². The van der Waals surface area contributed by atoms with E-state index in [1.54, 1.807) is 8.05 Å². The molecule has 0 N–H and O–H groups in total. The zero-order valence-corrected chi connectivity index (χ0v) is 12.0. The summed E-state index contributed by atoms with van der Waals surface area (Å²) in [7, 11) is 1.10. The zero-order chi connectivity index (χ0) is 13.0. The lowest BCUT2D eigenvalue weighted by molar-refractivity contribution is 0.705. The second-order valence-corrected chi connectivity index (χ2v) is 6.55. The van der Waals surface area contributed by atoms with E-state index in [1.165, 1.54) is 16.2 Å². The molecule has 0 saturated heterocycles. The van der Waals surface area contributed by atoms with Gasteiger partial charge in [0.15, 0.2) is 0 Å². The fourth-order valence-electron chi connectivity index (χ4n) is 1.93. The molecule has 0 saturated carbocycles. The van der Waals surface area contributed by atoms with Crippen molar-refractivity contribution >= 4 is 26.8 Å². The maximum atomic E-state index is 5.72. The Morgan fingerprint density at radius 3 is 2.22 bits per heavy atom. The first kappa shape index (κ1) is 13.3. The van der Waals surface area contributed by atoms with Crippen molar-refractivity contribution in [1.29, 1.82) is 0 Å². The second kappa shape index (κ2) is 6.18. The van der Waals surface area contributed by atoms with Crippen molar-refractivity contribution in [2.45, 2.75) is 19.8 Å². The van der Waals surface area contributed by atoms with Crippen molar-refractivity contribution in [3.05, 3.63) is 60.2 Å². The molecule has 2 rings (SSSR count). The Kier molecular flexibility index (Phi) is 4.57. The summed E-state index contributed by atoms with van der Waals surface area (Å²) in [5.74, 6) is 0.550. The summed E-state index contributed by atoms with van der Waals surface area (Å²) < 4.78 is 5.72. The van der Waals surface area contributed by atoms with E-state index in [-0.39, 0.29) is 0 Å². The van der Waals surface area contributed by atoms with Gasteiger partial charge in [-0.05, 0) is 17.5 Å². The Morgan fingerprint density at radius 1 is 0.944 bits per heavy atom. The van der Waals surface area contributed by atoms with Gasteiger partial charge in [-0.1, -0.05) is 62.4 Å². The summed E-state index contributed by atoms with van der Waals surface area (Å²) >= 11 is 0. The summed E-state index contributed by atoms with van der Waals surface area (Å²) in [5.41, 5.74) is 1.37. The van der Waals surface area contributed by atoms with Crippen molar-refractivity contribution in [2.24, 2.45) is 0 Å². The molecule has 0 heterocycles. The Hall–Kier alpha value is -1.11. The third-order valence-corrected chi connectivity index (χ3v) is 4.82. The van der Waals surface area contributed by atoms with Crippen molar-refractivity contribution in [3.63, 3.8) is 0 Å². The van der Waals surface area contributed by atoms with Crippen LogP contribution in [0.15, 0.2) is 54.6 Å². The average Bonchev–Trinajstić information content (AvgIpc) is 2.41. The van der Waals surface area contributed by atoms with Crippen LogP contribution in [0.2, 0.25) is 0 Å². The van der Waals surface area contributed by atoms with Crippen LogP contribution in [0.3, 0.4) is 0 Å². The van der Waals surface area contributed by atoms with Crippen LogP contribution in [0, 0.1) is 0 Å². The molecular weight excluding hydrogens is 238 g/mol. The Labute approximate surface area is 111 Å². The lowest BCUT2D eigenvalue weighted by Crippen LogP contribution is -2.13. The monoisotopic (exact) mass is 256 g/mol. The Bertz CT molecular complexity index is 499. The SMILES string of the molecule is BO[P@](c1ccccc1)c1cccc(C(C)C)c1. The smallest absolute Gasteiger partial charge is 0.263 e. The minimum absolute atomic E-state index is 0.550. The molecule has 92 valence electrons. The van der Waals surface area contributed by atoms with Gasteiger partial charge >= 0.3 is 0 Å². The zero-order valence-electron chi connectivity index (χ0n) is 11.1. The van der Waals surface area contributed by atoms with Crippen LogP contribution in [-0.2, 0) is 4.44 Å². The van der Waals surface area contributed by atoms with Gasteiger partial charge in [0, 0.05) is 10.6 Å². The fourth-order valence-corrected chi connectivity index (χ4v) is 3.58. The third kappa shape index (κ3) is 3.01. The molecule has 0 aliphatic heterocycles. The van der Waals surface area contributed by atoms with Crippen molar-refractivity contribution in [2.75, 3.05) is 0 Å². The van der Waals surface area contributed by atoms with Gasteiger partial charge in [-0.25, -0.2) is 0 Å². The van der Waals surface area contributed by atoms with Crippen LogP contribution < -0.4 is 10.6 Å². The third-order valence-electron chi connectivity index (χ3n) is 2.94. The van der Waals surface area contributed by atoms with Crippen molar-refractivity contribution in [1.82, 2.24) is 0 Å². The van der Waals surface area contributed by atoms with Crippen LogP contribution in [-0.4, -0.2) is 8.05 Å². The minimum Gasteiger partial charge on any atom is -0.417 e. The van der Waals surface area contributed by atoms with Crippen LogP contribution in [0.4, 0.5) is 0 Å². The molecule has 3 heteroatoms. The Morgan fingerprint density at radius 2 is 1.61 bits per heavy atom. The molecule has 0 spiro atoms. The van der Waals surface area contributed by atoms with Gasteiger partial charge in [0.25, 0.3) is 8.05 Å². The van der Waals surface area contributed by atoms with Gasteiger partial charge in [-0.15, -0.1) is 0 Å². The molecule has 0 amide bonds. The molecule has 0 radical (unpaired) electrons. The summed E-state index contributed by atoms with van der Waals surface area (Å²) in [6.07, 6.45) is 0. The normalized spacial score (nSPS) is 12.6. The molecular formula is C15H18BOP. The van der Waals surface area contributed by atoms with E-state index < -0.39 is 8.15 Å². The first-order valence-corrected chi connectivity index (χ1v) is 7.47. The van der Waals surface area contributed by atoms with Crippen LogP contribution in [0.25, 0.3) is 0 Å². The lowest BCUT2D eigenvalue weighted by atomic mass is 10.0. The number of benzene rings is 2. The summed E-state index contributed by atoms with van der Waals surface area (Å²) in [6, 6.07) is 19.2.